The van der Waals surface area contributed by atoms with E-state index in [-0.39, 0.29) is 15.9 Å². The zero-order chi connectivity index (χ0) is 13.2. The third-order valence-electron chi connectivity index (χ3n) is 2.04. The van der Waals surface area contributed by atoms with Gasteiger partial charge < -0.3 is 5.73 Å². The Morgan fingerprint density at radius 2 is 1.89 bits per heavy atom. The lowest BCUT2D eigenvalue weighted by Crippen LogP contribution is -2.15. The molecule has 0 saturated heterocycles. The van der Waals surface area contributed by atoms with Crippen molar-refractivity contribution in [3.8, 4) is 0 Å². The van der Waals surface area contributed by atoms with Crippen LogP contribution in [-0.4, -0.2) is 18.4 Å². The quantitative estimate of drug-likeness (QED) is 0.833. The summed E-state index contributed by atoms with van der Waals surface area (Å²) in [6.07, 6.45) is 2.85. The number of anilines is 2. The first-order chi connectivity index (χ1) is 8.49. The van der Waals surface area contributed by atoms with Crippen molar-refractivity contribution in [2.75, 3.05) is 10.5 Å². The van der Waals surface area contributed by atoms with Gasteiger partial charge in [0.2, 0.25) is 5.95 Å². The minimum atomic E-state index is -3.82. The Morgan fingerprint density at radius 3 is 2.50 bits per heavy atom. The van der Waals surface area contributed by atoms with Crippen molar-refractivity contribution in [3.63, 3.8) is 0 Å². The van der Waals surface area contributed by atoms with E-state index < -0.39 is 10.0 Å². The first-order valence-corrected chi connectivity index (χ1v) is 6.70. The summed E-state index contributed by atoms with van der Waals surface area (Å²) in [5.41, 5.74) is 5.88. The average Bonchev–Trinajstić information content (AvgIpc) is 2.29. The van der Waals surface area contributed by atoms with Gasteiger partial charge in [-0.1, -0.05) is 11.6 Å². The number of hydrogen-bond donors (Lipinski definition) is 2. The molecule has 0 spiro atoms. The number of benzene rings is 1. The Labute approximate surface area is 109 Å². The number of hydrogen-bond acceptors (Lipinski definition) is 5. The second-order valence-electron chi connectivity index (χ2n) is 3.37. The average molecular weight is 285 g/mol. The van der Waals surface area contributed by atoms with Gasteiger partial charge in [-0.2, -0.15) is 0 Å². The molecule has 18 heavy (non-hydrogen) atoms. The predicted octanol–water partition coefficient (Wildman–Crippen LogP) is 1.51. The van der Waals surface area contributed by atoms with Crippen LogP contribution < -0.4 is 10.5 Å². The minimum Gasteiger partial charge on any atom is -0.399 e. The van der Waals surface area contributed by atoms with Crippen molar-refractivity contribution in [3.05, 3.63) is 41.7 Å². The van der Waals surface area contributed by atoms with Crippen LogP contribution in [0.3, 0.4) is 0 Å². The summed E-state index contributed by atoms with van der Waals surface area (Å²) in [6.45, 7) is 0. The lowest BCUT2D eigenvalue weighted by molar-refractivity contribution is 0.601. The second kappa shape index (κ2) is 4.79. The SMILES string of the molecule is Nc1ccc(S(=O)(=O)Nc2ncccn2)c(Cl)c1. The van der Waals surface area contributed by atoms with Gasteiger partial charge in [0.15, 0.2) is 0 Å². The van der Waals surface area contributed by atoms with Gasteiger partial charge in [-0.15, -0.1) is 0 Å². The van der Waals surface area contributed by atoms with Gasteiger partial charge in [-0.05, 0) is 24.3 Å². The largest absolute Gasteiger partial charge is 0.399 e. The molecule has 0 aliphatic rings. The van der Waals surface area contributed by atoms with Crippen LogP contribution in [-0.2, 0) is 10.0 Å². The van der Waals surface area contributed by atoms with Crippen LogP contribution in [0.25, 0.3) is 0 Å². The highest BCUT2D eigenvalue weighted by atomic mass is 35.5. The smallest absolute Gasteiger partial charge is 0.265 e. The van der Waals surface area contributed by atoms with Gasteiger partial charge in [-0.25, -0.2) is 23.1 Å². The van der Waals surface area contributed by atoms with Crippen LogP contribution in [0, 0.1) is 0 Å². The molecular formula is C10H9ClN4O2S. The normalized spacial score (nSPS) is 11.2. The topological polar surface area (TPSA) is 98.0 Å². The molecule has 6 nitrogen and oxygen atoms in total. The van der Waals surface area contributed by atoms with Crippen LogP contribution >= 0.6 is 11.6 Å². The molecule has 0 aliphatic carbocycles. The van der Waals surface area contributed by atoms with Crippen molar-refractivity contribution in [2.24, 2.45) is 0 Å². The zero-order valence-corrected chi connectivity index (χ0v) is 10.6. The number of sulfonamides is 1. The van der Waals surface area contributed by atoms with Crippen LogP contribution in [0.4, 0.5) is 11.6 Å². The van der Waals surface area contributed by atoms with Crippen molar-refractivity contribution >= 4 is 33.3 Å². The number of halogens is 1. The molecule has 0 unspecified atom stereocenters. The fourth-order valence-electron chi connectivity index (χ4n) is 1.26. The third-order valence-corrected chi connectivity index (χ3v) is 3.85. The monoisotopic (exact) mass is 284 g/mol. The first kappa shape index (κ1) is 12.6. The van der Waals surface area contributed by atoms with E-state index in [9.17, 15) is 8.42 Å². The molecule has 3 N–H and O–H groups in total. The van der Waals surface area contributed by atoms with E-state index in [1.807, 2.05) is 0 Å². The van der Waals surface area contributed by atoms with E-state index in [4.69, 9.17) is 17.3 Å². The van der Waals surface area contributed by atoms with Crippen molar-refractivity contribution in [2.45, 2.75) is 4.90 Å². The van der Waals surface area contributed by atoms with Crippen molar-refractivity contribution in [1.82, 2.24) is 9.97 Å². The molecule has 0 fully saturated rings. The Hall–Kier alpha value is -1.86. The lowest BCUT2D eigenvalue weighted by atomic mass is 10.3. The lowest BCUT2D eigenvalue weighted by Gasteiger charge is -2.08. The van der Waals surface area contributed by atoms with E-state index in [1.54, 1.807) is 6.07 Å². The molecule has 0 amide bonds. The maximum absolute atomic E-state index is 12.0. The van der Waals surface area contributed by atoms with E-state index in [2.05, 4.69) is 14.7 Å². The fourth-order valence-corrected chi connectivity index (χ4v) is 2.77. The maximum Gasteiger partial charge on any atom is 0.265 e. The Balaban J connectivity index is 2.37. The summed E-state index contributed by atoms with van der Waals surface area (Å²) in [4.78, 5) is 7.46. The molecule has 1 aromatic heterocycles. The number of nitrogen functional groups attached to an aromatic ring is 1. The fraction of sp³-hybridized carbons (Fsp3) is 0. The van der Waals surface area contributed by atoms with Gasteiger partial charge in [0.25, 0.3) is 10.0 Å². The highest BCUT2D eigenvalue weighted by molar-refractivity contribution is 7.92. The molecule has 8 heteroatoms. The minimum absolute atomic E-state index is 0.0228. The van der Waals surface area contributed by atoms with E-state index in [0.717, 1.165) is 0 Å². The summed E-state index contributed by atoms with van der Waals surface area (Å²) in [6, 6.07) is 5.71. The maximum atomic E-state index is 12.0. The molecule has 0 atom stereocenters. The van der Waals surface area contributed by atoms with Gasteiger partial charge in [0.05, 0.1) is 5.02 Å². The molecule has 0 bridgehead atoms. The molecule has 1 heterocycles. The molecule has 2 aromatic rings. The molecule has 2 rings (SSSR count). The molecular weight excluding hydrogens is 276 g/mol. The van der Waals surface area contributed by atoms with Gasteiger partial charge in [-0.3, -0.25) is 0 Å². The van der Waals surface area contributed by atoms with E-state index in [0.29, 0.717) is 5.69 Å². The van der Waals surface area contributed by atoms with E-state index >= 15 is 0 Å². The highest BCUT2D eigenvalue weighted by Crippen LogP contribution is 2.24. The third kappa shape index (κ3) is 2.69. The van der Waals surface area contributed by atoms with Crippen LogP contribution in [0.15, 0.2) is 41.6 Å². The van der Waals surface area contributed by atoms with E-state index in [1.165, 1.54) is 30.6 Å². The van der Waals surface area contributed by atoms with Gasteiger partial charge in [0.1, 0.15) is 4.90 Å². The second-order valence-corrected chi connectivity index (χ2v) is 5.43. The number of nitrogens with two attached hydrogens (primary N) is 1. The number of rotatable bonds is 3. The molecule has 94 valence electrons. The van der Waals surface area contributed by atoms with Crippen LogP contribution in [0.1, 0.15) is 0 Å². The number of aromatic nitrogens is 2. The highest BCUT2D eigenvalue weighted by Gasteiger charge is 2.18. The summed E-state index contributed by atoms with van der Waals surface area (Å²) in [5, 5.41) is 0.0402. The predicted molar refractivity (Wildman–Crippen MR) is 68.7 cm³/mol. The summed E-state index contributed by atoms with van der Waals surface area (Å²) >= 11 is 5.84. The Bertz CT molecular complexity index is 661. The Morgan fingerprint density at radius 1 is 1.22 bits per heavy atom. The molecule has 0 aliphatic heterocycles. The number of nitrogens with one attached hydrogen (secondary N) is 1. The van der Waals surface area contributed by atoms with Crippen molar-refractivity contribution in [1.29, 1.82) is 0 Å². The van der Waals surface area contributed by atoms with Gasteiger partial charge in [0, 0.05) is 18.1 Å². The Kier molecular flexibility index (Phi) is 3.35. The van der Waals surface area contributed by atoms with Crippen LogP contribution in [0.5, 0.6) is 0 Å². The summed E-state index contributed by atoms with van der Waals surface area (Å²) in [7, 11) is -3.82. The molecule has 0 radical (unpaired) electrons. The first-order valence-electron chi connectivity index (χ1n) is 4.84. The van der Waals surface area contributed by atoms with Gasteiger partial charge >= 0.3 is 0 Å². The molecule has 1 aromatic carbocycles. The van der Waals surface area contributed by atoms with Crippen molar-refractivity contribution < 1.29 is 8.42 Å². The zero-order valence-electron chi connectivity index (χ0n) is 9.04. The molecule has 0 saturated carbocycles. The standard InChI is InChI=1S/C10H9ClN4O2S/c11-8-6-7(12)2-3-9(8)18(16,17)15-10-13-4-1-5-14-10/h1-6H,12H2,(H,13,14,15). The summed E-state index contributed by atoms with van der Waals surface area (Å²) < 4.78 is 26.3. The summed E-state index contributed by atoms with van der Waals surface area (Å²) in [5.74, 6) is -0.0228. The van der Waals surface area contributed by atoms with Crippen LogP contribution in [0.2, 0.25) is 5.02 Å². The number of nitrogens with zero attached hydrogens (tertiary/aromatic N) is 2.